The molecule has 0 saturated heterocycles. The third-order valence-corrected chi connectivity index (χ3v) is 2.70. The molecule has 0 unspecified atom stereocenters. The molecule has 0 fully saturated rings. The van der Waals surface area contributed by atoms with Gasteiger partial charge in [-0.2, -0.15) is 0 Å². The number of nitrogens with zero attached hydrogens (tertiary/aromatic N) is 3. The molecule has 0 bridgehead atoms. The van der Waals surface area contributed by atoms with Crippen LogP contribution in [0.25, 0.3) is 0 Å². The number of carbonyl (C=O) groups excluding carboxylic acids is 1. The molecule has 1 heterocycles. The summed E-state index contributed by atoms with van der Waals surface area (Å²) in [5, 5.41) is 8.11. The van der Waals surface area contributed by atoms with Crippen molar-refractivity contribution in [1.82, 2.24) is 14.9 Å². The smallest absolute Gasteiger partial charge is 0.427 e. The van der Waals surface area contributed by atoms with Crippen LogP contribution in [-0.4, -0.2) is 26.6 Å². The Hall–Kier alpha value is -2.37. The Morgan fingerprint density at radius 2 is 1.90 bits per heavy atom. The lowest BCUT2D eigenvalue weighted by Crippen LogP contribution is -2.33. The molecule has 0 aliphatic carbocycles. The summed E-state index contributed by atoms with van der Waals surface area (Å²) < 4.78 is 6.80. The van der Waals surface area contributed by atoms with Crippen molar-refractivity contribution in [1.29, 1.82) is 0 Å². The van der Waals surface area contributed by atoms with E-state index in [4.69, 9.17) is 4.74 Å². The van der Waals surface area contributed by atoms with Crippen molar-refractivity contribution < 1.29 is 9.53 Å². The molecule has 1 N–H and O–H groups in total. The first-order chi connectivity index (χ1) is 9.85. The van der Waals surface area contributed by atoms with E-state index in [1.807, 2.05) is 51.1 Å². The predicted octanol–water partition coefficient (Wildman–Crippen LogP) is 2.66. The second-order valence-electron chi connectivity index (χ2n) is 5.77. The minimum absolute atomic E-state index is 0.528. The van der Waals surface area contributed by atoms with E-state index in [2.05, 4.69) is 15.6 Å². The van der Waals surface area contributed by atoms with Crippen LogP contribution in [0.4, 0.5) is 4.79 Å². The van der Waals surface area contributed by atoms with Gasteiger partial charge >= 0.3 is 6.09 Å². The van der Waals surface area contributed by atoms with Crippen LogP contribution >= 0.6 is 0 Å². The number of rotatable bonds is 3. The van der Waals surface area contributed by atoms with E-state index >= 15 is 0 Å². The number of ether oxygens (including phenoxy) is 1. The fraction of sp³-hybridized carbons (Fsp3) is 0.400. The third kappa shape index (κ3) is 4.30. The molecule has 0 spiro atoms. The molecule has 1 aromatic heterocycles. The minimum atomic E-state index is -0.550. The summed E-state index contributed by atoms with van der Waals surface area (Å²) in [4.78, 5) is 11.9. The first kappa shape index (κ1) is 15.0. The number of hydrogen-bond donors (Lipinski definition) is 1. The third-order valence-electron chi connectivity index (χ3n) is 2.70. The molecule has 21 heavy (non-hydrogen) atoms. The second-order valence-corrected chi connectivity index (χ2v) is 5.77. The highest BCUT2D eigenvalue weighted by molar-refractivity contribution is 5.76. The number of hydrogen-bond acceptors (Lipinski definition) is 4. The Morgan fingerprint density at radius 3 is 2.52 bits per heavy atom. The normalized spacial score (nSPS) is 11.2. The first-order valence-electron chi connectivity index (χ1n) is 6.80. The zero-order valence-electron chi connectivity index (χ0n) is 12.8. The van der Waals surface area contributed by atoms with Gasteiger partial charge in [0.25, 0.3) is 0 Å². The van der Waals surface area contributed by atoms with Gasteiger partial charge in [-0.25, -0.2) is 14.9 Å². The molecule has 0 aliphatic heterocycles. The lowest BCUT2D eigenvalue weighted by molar-refractivity contribution is 0.0611. The SMILES string of the molecule is Cc1nnc(Cc2ccccc2)n1NC(=O)OC(C)(C)C. The number of aromatic nitrogens is 3. The molecular formula is C15H20N4O2. The monoisotopic (exact) mass is 288 g/mol. The quantitative estimate of drug-likeness (QED) is 0.942. The molecule has 1 amide bonds. The van der Waals surface area contributed by atoms with Crippen LogP contribution in [0, 0.1) is 6.92 Å². The summed E-state index contributed by atoms with van der Waals surface area (Å²) in [6.07, 6.45) is 0.0528. The highest BCUT2D eigenvalue weighted by atomic mass is 16.6. The summed E-state index contributed by atoms with van der Waals surface area (Å²) >= 11 is 0. The molecule has 0 aliphatic rings. The zero-order valence-corrected chi connectivity index (χ0v) is 12.8. The van der Waals surface area contributed by atoms with E-state index in [0.717, 1.165) is 5.56 Å². The van der Waals surface area contributed by atoms with Gasteiger partial charge in [-0.15, -0.1) is 10.2 Å². The summed E-state index contributed by atoms with van der Waals surface area (Å²) in [6, 6.07) is 9.89. The Bertz CT molecular complexity index is 614. The fourth-order valence-electron chi connectivity index (χ4n) is 1.84. The maximum atomic E-state index is 11.9. The van der Waals surface area contributed by atoms with Gasteiger partial charge < -0.3 is 4.74 Å². The molecular weight excluding hydrogens is 268 g/mol. The van der Waals surface area contributed by atoms with Crippen LogP contribution in [0.3, 0.4) is 0 Å². The van der Waals surface area contributed by atoms with Gasteiger partial charge in [0.1, 0.15) is 11.4 Å². The van der Waals surface area contributed by atoms with E-state index in [1.165, 1.54) is 0 Å². The molecule has 2 rings (SSSR count). The highest BCUT2D eigenvalue weighted by Gasteiger charge is 2.18. The fourth-order valence-corrected chi connectivity index (χ4v) is 1.84. The summed E-state index contributed by atoms with van der Waals surface area (Å²) in [6.45, 7) is 7.22. The summed E-state index contributed by atoms with van der Waals surface area (Å²) in [5.74, 6) is 1.26. The standard InChI is InChI=1S/C15H20N4O2/c1-11-16-17-13(10-12-8-6-5-7-9-12)19(11)18-14(20)21-15(2,3)4/h5-9H,10H2,1-4H3,(H,18,20). The number of benzene rings is 1. The van der Waals surface area contributed by atoms with Crippen LogP contribution in [0.1, 0.15) is 38.0 Å². The molecule has 2 aromatic rings. The molecule has 1 aromatic carbocycles. The lowest BCUT2D eigenvalue weighted by Gasteiger charge is -2.20. The molecule has 6 heteroatoms. The summed E-state index contributed by atoms with van der Waals surface area (Å²) in [7, 11) is 0. The molecule has 0 saturated carbocycles. The van der Waals surface area contributed by atoms with E-state index < -0.39 is 11.7 Å². The van der Waals surface area contributed by atoms with Crippen LogP contribution < -0.4 is 5.43 Å². The minimum Gasteiger partial charge on any atom is -0.443 e. The van der Waals surface area contributed by atoms with Crippen molar-refractivity contribution >= 4 is 6.09 Å². The van der Waals surface area contributed by atoms with Gasteiger partial charge in [-0.05, 0) is 33.3 Å². The van der Waals surface area contributed by atoms with Crippen molar-refractivity contribution in [3.8, 4) is 0 Å². The van der Waals surface area contributed by atoms with Crippen LogP contribution in [0.2, 0.25) is 0 Å². The van der Waals surface area contributed by atoms with Gasteiger partial charge in [-0.1, -0.05) is 30.3 Å². The van der Waals surface area contributed by atoms with Gasteiger partial charge in [0.15, 0.2) is 5.82 Å². The van der Waals surface area contributed by atoms with Crippen molar-refractivity contribution in [3.63, 3.8) is 0 Å². The Labute approximate surface area is 124 Å². The predicted molar refractivity (Wildman–Crippen MR) is 79.6 cm³/mol. The topological polar surface area (TPSA) is 69.0 Å². The summed E-state index contributed by atoms with van der Waals surface area (Å²) in [5.41, 5.74) is 3.21. The first-order valence-corrected chi connectivity index (χ1v) is 6.80. The van der Waals surface area contributed by atoms with E-state index in [0.29, 0.717) is 18.1 Å². The average Bonchev–Trinajstić information content (AvgIpc) is 2.70. The van der Waals surface area contributed by atoms with E-state index in [-0.39, 0.29) is 0 Å². The molecule has 0 atom stereocenters. The molecule has 0 radical (unpaired) electrons. The van der Waals surface area contributed by atoms with Crippen molar-refractivity contribution in [2.75, 3.05) is 5.43 Å². The Balaban J connectivity index is 2.13. The van der Waals surface area contributed by atoms with E-state index in [9.17, 15) is 4.79 Å². The average molecular weight is 288 g/mol. The van der Waals surface area contributed by atoms with Gasteiger partial charge in [0.05, 0.1) is 0 Å². The number of nitrogens with one attached hydrogen (secondary N) is 1. The lowest BCUT2D eigenvalue weighted by atomic mass is 10.1. The number of carbonyl (C=O) groups is 1. The van der Waals surface area contributed by atoms with Crippen LogP contribution in [0.5, 0.6) is 0 Å². The van der Waals surface area contributed by atoms with Gasteiger partial charge in [-0.3, -0.25) is 0 Å². The van der Waals surface area contributed by atoms with Gasteiger partial charge in [0, 0.05) is 6.42 Å². The molecule has 112 valence electrons. The number of aryl methyl sites for hydroxylation is 1. The van der Waals surface area contributed by atoms with Crippen LogP contribution in [-0.2, 0) is 11.2 Å². The zero-order chi connectivity index (χ0) is 15.5. The van der Waals surface area contributed by atoms with Gasteiger partial charge in [0.2, 0.25) is 0 Å². The van der Waals surface area contributed by atoms with Crippen LogP contribution in [0.15, 0.2) is 30.3 Å². The maximum Gasteiger partial charge on any atom is 0.427 e. The Morgan fingerprint density at radius 1 is 1.24 bits per heavy atom. The maximum absolute atomic E-state index is 11.9. The van der Waals surface area contributed by atoms with Crippen molar-refractivity contribution in [3.05, 3.63) is 47.5 Å². The number of amides is 1. The highest BCUT2D eigenvalue weighted by Crippen LogP contribution is 2.10. The van der Waals surface area contributed by atoms with Crippen molar-refractivity contribution in [2.45, 2.75) is 39.7 Å². The Kier molecular flexibility index (Phi) is 4.26. The largest absolute Gasteiger partial charge is 0.443 e. The van der Waals surface area contributed by atoms with Crippen molar-refractivity contribution in [2.24, 2.45) is 0 Å². The van der Waals surface area contributed by atoms with E-state index in [1.54, 1.807) is 11.6 Å². The molecule has 6 nitrogen and oxygen atoms in total. The second kappa shape index (κ2) is 5.95.